The van der Waals surface area contributed by atoms with Gasteiger partial charge in [0.2, 0.25) is 5.91 Å². The monoisotopic (exact) mass is 399 g/mol. The number of nitrogens with zero attached hydrogens (tertiary/aromatic N) is 4. The summed E-state index contributed by atoms with van der Waals surface area (Å²) in [5.41, 5.74) is 1.83. The summed E-state index contributed by atoms with van der Waals surface area (Å²) in [5.74, 6) is -0.0730. The third-order valence-electron chi connectivity index (χ3n) is 3.93. The van der Waals surface area contributed by atoms with Gasteiger partial charge in [0.1, 0.15) is 0 Å². The van der Waals surface area contributed by atoms with Gasteiger partial charge in [0.15, 0.2) is 16.7 Å². The van der Waals surface area contributed by atoms with Crippen LogP contribution in [0.4, 0.5) is 11.4 Å². The Morgan fingerprint density at radius 1 is 1.25 bits per heavy atom. The molecule has 0 spiro atoms. The van der Waals surface area contributed by atoms with E-state index < -0.39 is 16.4 Å². The predicted octanol–water partition coefficient (Wildman–Crippen LogP) is 3.14. The summed E-state index contributed by atoms with van der Waals surface area (Å²) in [4.78, 5) is 22.3. The lowest BCUT2D eigenvalue weighted by atomic mass is 10.1. The van der Waals surface area contributed by atoms with Gasteiger partial charge < -0.3 is 15.0 Å². The minimum atomic E-state index is -0.716. The first-order valence-electron chi connectivity index (χ1n) is 8.21. The number of nitro benzene ring substituents is 1. The lowest BCUT2D eigenvalue weighted by Crippen LogP contribution is -2.14. The Kier molecular flexibility index (Phi) is 5.59. The summed E-state index contributed by atoms with van der Waals surface area (Å²) >= 11 is 1.20. The van der Waals surface area contributed by atoms with Gasteiger partial charge in [0, 0.05) is 24.4 Å². The van der Waals surface area contributed by atoms with Gasteiger partial charge in [-0.1, -0.05) is 41.6 Å². The first kappa shape index (κ1) is 19.4. The van der Waals surface area contributed by atoms with Crippen molar-refractivity contribution in [1.29, 1.82) is 0 Å². The summed E-state index contributed by atoms with van der Waals surface area (Å²) in [6, 6.07) is 11.6. The molecule has 3 aromatic rings. The van der Waals surface area contributed by atoms with Crippen molar-refractivity contribution in [2.75, 3.05) is 11.1 Å². The molecule has 0 aliphatic carbocycles. The number of phenols is 1. The molecule has 0 atom stereocenters. The molecular weight excluding hydrogens is 382 g/mol. The summed E-state index contributed by atoms with van der Waals surface area (Å²) in [7, 11) is 1.82. The molecule has 1 amide bonds. The Morgan fingerprint density at radius 3 is 2.64 bits per heavy atom. The maximum atomic E-state index is 12.2. The number of phenolic OH excluding ortho intramolecular Hbond substituents is 1. The average molecular weight is 399 g/mol. The molecule has 1 heterocycles. The molecule has 0 aliphatic heterocycles. The third kappa shape index (κ3) is 4.29. The highest BCUT2D eigenvalue weighted by Crippen LogP contribution is 2.29. The normalized spacial score (nSPS) is 10.6. The highest BCUT2D eigenvalue weighted by Gasteiger charge is 2.16. The Morgan fingerprint density at radius 2 is 1.96 bits per heavy atom. The number of anilines is 1. The van der Waals surface area contributed by atoms with Crippen molar-refractivity contribution in [2.45, 2.75) is 12.1 Å². The molecule has 0 saturated heterocycles. The molecule has 0 saturated carbocycles. The van der Waals surface area contributed by atoms with E-state index in [1.165, 1.54) is 17.8 Å². The topological polar surface area (TPSA) is 123 Å². The number of carbonyl (C=O) groups is 1. The van der Waals surface area contributed by atoms with Crippen molar-refractivity contribution in [3.8, 4) is 17.1 Å². The Bertz CT molecular complexity index is 1030. The molecule has 0 unspecified atom stereocenters. The van der Waals surface area contributed by atoms with Crippen LogP contribution in [-0.4, -0.2) is 36.5 Å². The van der Waals surface area contributed by atoms with Crippen molar-refractivity contribution in [3.05, 3.63) is 58.1 Å². The fourth-order valence-corrected chi connectivity index (χ4v) is 3.18. The van der Waals surface area contributed by atoms with Crippen molar-refractivity contribution in [3.63, 3.8) is 0 Å². The smallest absolute Gasteiger partial charge is 0.312 e. The predicted molar refractivity (Wildman–Crippen MR) is 105 cm³/mol. The fourth-order valence-electron chi connectivity index (χ4n) is 2.47. The standard InChI is InChI=1S/C18H17N5O4S/c1-11-3-5-12(6-4-11)17-20-21-18(22(17)2)28-10-16(25)19-13-7-8-15(24)14(9-13)23(26)27/h3-9,24H,10H2,1-2H3,(H,19,25). The van der Waals surface area contributed by atoms with Crippen molar-refractivity contribution >= 4 is 29.0 Å². The van der Waals surface area contributed by atoms with E-state index in [9.17, 15) is 20.0 Å². The average Bonchev–Trinajstić information content (AvgIpc) is 3.02. The number of hydrogen-bond acceptors (Lipinski definition) is 7. The van der Waals surface area contributed by atoms with E-state index in [4.69, 9.17) is 0 Å². The molecule has 144 valence electrons. The van der Waals surface area contributed by atoms with Crippen LogP contribution in [0.3, 0.4) is 0 Å². The minimum absolute atomic E-state index is 0.0501. The molecule has 0 aliphatic rings. The van der Waals surface area contributed by atoms with Crippen LogP contribution >= 0.6 is 11.8 Å². The number of carbonyl (C=O) groups excluding carboxylic acids is 1. The van der Waals surface area contributed by atoms with Gasteiger partial charge in [-0.2, -0.15) is 0 Å². The lowest BCUT2D eigenvalue weighted by Gasteiger charge is -2.06. The molecule has 0 bridgehead atoms. The van der Waals surface area contributed by atoms with E-state index in [2.05, 4.69) is 15.5 Å². The zero-order valence-corrected chi connectivity index (χ0v) is 15.9. The minimum Gasteiger partial charge on any atom is -0.502 e. The van der Waals surface area contributed by atoms with Gasteiger partial charge in [0.05, 0.1) is 10.7 Å². The summed E-state index contributed by atoms with van der Waals surface area (Å²) in [5, 5.41) is 31.7. The van der Waals surface area contributed by atoms with Crippen molar-refractivity contribution in [2.24, 2.45) is 7.05 Å². The number of nitro groups is 1. The number of amides is 1. The van der Waals surface area contributed by atoms with E-state index >= 15 is 0 Å². The Hall–Kier alpha value is -3.40. The van der Waals surface area contributed by atoms with Crippen LogP contribution in [0.2, 0.25) is 0 Å². The van der Waals surface area contributed by atoms with Crippen LogP contribution in [-0.2, 0) is 11.8 Å². The molecule has 28 heavy (non-hydrogen) atoms. The second-order valence-corrected chi connectivity index (χ2v) is 6.97. The molecule has 10 heteroatoms. The van der Waals surface area contributed by atoms with Crippen LogP contribution in [0, 0.1) is 17.0 Å². The third-order valence-corrected chi connectivity index (χ3v) is 4.95. The van der Waals surface area contributed by atoms with E-state index in [1.807, 2.05) is 38.2 Å². The Labute approximate surface area is 164 Å². The fraction of sp³-hybridized carbons (Fsp3) is 0.167. The first-order valence-corrected chi connectivity index (χ1v) is 9.20. The zero-order chi connectivity index (χ0) is 20.3. The molecule has 3 rings (SSSR count). The molecule has 2 aromatic carbocycles. The van der Waals surface area contributed by atoms with Gasteiger partial charge in [-0.15, -0.1) is 10.2 Å². The zero-order valence-electron chi connectivity index (χ0n) is 15.1. The molecule has 0 fully saturated rings. The second kappa shape index (κ2) is 8.09. The SMILES string of the molecule is Cc1ccc(-c2nnc(SCC(=O)Nc3ccc(O)c([N+](=O)[O-])c3)n2C)cc1. The number of thioether (sulfide) groups is 1. The van der Waals surface area contributed by atoms with Crippen LogP contribution in [0.5, 0.6) is 5.75 Å². The summed E-state index contributed by atoms with van der Waals surface area (Å²) < 4.78 is 1.80. The molecule has 1 aromatic heterocycles. The molecule has 9 nitrogen and oxygen atoms in total. The number of aromatic nitrogens is 3. The van der Waals surface area contributed by atoms with Crippen LogP contribution in [0.1, 0.15) is 5.56 Å². The molecule has 0 radical (unpaired) electrons. The molecular formula is C18H17N5O4S. The van der Waals surface area contributed by atoms with Crippen LogP contribution in [0.15, 0.2) is 47.6 Å². The second-order valence-electron chi connectivity index (χ2n) is 6.03. The number of nitrogens with one attached hydrogen (secondary N) is 1. The first-order chi connectivity index (χ1) is 13.3. The van der Waals surface area contributed by atoms with E-state index in [1.54, 1.807) is 4.57 Å². The summed E-state index contributed by atoms with van der Waals surface area (Å²) in [6.45, 7) is 2.00. The number of aromatic hydroxyl groups is 1. The highest BCUT2D eigenvalue weighted by molar-refractivity contribution is 7.99. The van der Waals surface area contributed by atoms with Gasteiger partial charge in [0.25, 0.3) is 0 Å². The largest absolute Gasteiger partial charge is 0.502 e. The quantitative estimate of drug-likeness (QED) is 0.282. The van der Waals surface area contributed by atoms with Gasteiger partial charge in [-0.05, 0) is 19.1 Å². The number of aryl methyl sites for hydroxylation is 1. The van der Waals surface area contributed by atoms with Gasteiger partial charge in [-0.25, -0.2) is 0 Å². The van der Waals surface area contributed by atoms with E-state index in [0.29, 0.717) is 11.0 Å². The van der Waals surface area contributed by atoms with Crippen molar-refractivity contribution < 1.29 is 14.8 Å². The maximum absolute atomic E-state index is 12.2. The summed E-state index contributed by atoms with van der Waals surface area (Å²) in [6.07, 6.45) is 0. The highest BCUT2D eigenvalue weighted by atomic mass is 32.2. The van der Waals surface area contributed by atoms with Gasteiger partial charge in [-0.3, -0.25) is 14.9 Å². The number of benzene rings is 2. The van der Waals surface area contributed by atoms with Crippen LogP contribution < -0.4 is 5.32 Å². The van der Waals surface area contributed by atoms with E-state index in [-0.39, 0.29) is 17.3 Å². The van der Waals surface area contributed by atoms with Crippen molar-refractivity contribution in [1.82, 2.24) is 14.8 Å². The Balaban J connectivity index is 1.65. The van der Waals surface area contributed by atoms with Crippen LogP contribution in [0.25, 0.3) is 11.4 Å². The number of hydrogen-bond donors (Lipinski definition) is 2. The number of rotatable bonds is 6. The maximum Gasteiger partial charge on any atom is 0.312 e. The van der Waals surface area contributed by atoms with E-state index in [0.717, 1.165) is 23.3 Å². The molecule has 2 N–H and O–H groups in total. The van der Waals surface area contributed by atoms with Gasteiger partial charge >= 0.3 is 5.69 Å². The lowest BCUT2D eigenvalue weighted by molar-refractivity contribution is -0.385.